The van der Waals surface area contributed by atoms with E-state index in [2.05, 4.69) is 29.1 Å². The summed E-state index contributed by atoms with van der Waals surface area (Å²) >= 11 is 0. The van der Waals surface area contributed by atoms with Crippen molar-refractivity contribution < 1.29 is 13.2 Å². The fourth-order valence-electron chi connectivity index (χ4n) is 4.03. The van der Waals surface area contributed by atoms with E-state index in [1.807, 2.05) is 0 Å². The molecule has 1 aromatic rings. The average Bonchev–Trinajstić information content (AvgIpc) is 3.08. The molecule has 25 heavy (non-hydrogen) atoms. The Morgan fingerprint density at radius 3 is 2.60 bits per heavy atom. The van der Waals surface area contributed by atoms with Crippen molar-refractivity contribution >= 4 is 5.69 Å². The van der Waals surface area contributed by atoms with Crippen LogP contribution in [0.4, 0.5) is 18.9 Å². The second-order valence-electron chi connectivity index (χ2n) is 7.48. The minimum Gasteiger partial charge on any atom is -0.371 e. The molecule has 0 unspecified atom stereocenters. The van der Waals surface area contributed by atoms with Gasteiger partial charge in [0.25, 0.3) is 0 Å². The summed E-state index contributed by atoms with van der Waals surface area (Å²) in [6, 6.07) is 5.22. The molecule has 0 amide bonds. The standard InChI is InChI=1S/C19H28F3N3/c1-14-11-17(7-8-23-14)24(2)13-15-5-6-16(19(20,21)22)12-18(15)25-9-3-4-10-25/h5-6,12,14,17,23H,3-4,7-11,13H2,1-2H3/t14-,17-/m0/s1. The van der Waals surface area contributed by atoms with Crippen molar-refractivity contribution in [2.24, 2.45) is 0 Å². The Kier molecular flexibility index (Phi) is 5.58. The molecule has 2 fully saturated rings. The maximum absolute atomic E-state index is 13.1. The third-order valence-electron chi connectivity index (χ3n) is 5.50. The third-order valence-corrected chi connectivity index (χ3v) is 5.50. The summed E-state index contributed by atoms with van der Waals surface area (Å²) in [7, 11) is 2.09. The molecule has 0 radical (unpaired) electrons. The average molecular weight is 355 g/mol. The summed E-state index contributed by atoms with van der Waals surface area (Å²) < 4.78 is 39.4. The quantitative estimate of drug-likeness (QED) is 0.884. The first-order valence-corrected chi connectivity index (χ1v) is 9.23. The highest BCUT2D eigenvalue weighted by Gasteiger charge is 2.32. The predicted octanol–water partition coefficient (Wildman–Crippen LogP) is 3.88. The number of anilines is 1. The van der Waals surface area contributed by atoms with E-state index in [9.17, 15) is 13.2 Å². The Morgan fingerprint density at radius 2 is 1.96 bits per heavy atom. The molecule has 0 aliphatic carbocycles. The number of nitrogens with zero attached hydrogens (tertiary/aromatic N) is 2. The molecule has 2 heterocycles. The molecule has 6 heteroatoms. The summed E-state index contributed by atoms with van der Waals surface area (Å²) in [6.07, 6.45) is -0.0191. The van der Waals surface area contributed by atoms with Crippen LogP contribution in [0.1, 0.15) is 43.7 Å². The molecule has 0 bridgehead atoms. The normalized spacial score (nSPS) is 25.0. The molecule has 1 N–H and O–H groups in total. The van der Waals surface area contributed by atoms with Gasteiger partial charge in [-0.2, -0.15) is 13.2 Å². The van der Waals surface area contributed by atoms with E-state index in [0.29, 0.717) is 18.6 Å². The van der Waals surface area contributed by atoms with E-state index in [0.717, 1.165) is 56.6 Å². The van der Waals surface area contributed by atoms with Gasteiger partial charge in [0.2, 0.25) is 0 Å². The van der Waals surface area contributed by atoms with Gasteiger partial charge in [-0.15, -0.1) is 0 Å². The summed E-state index contributed by atoms with van der Waals surface area (Å²) in [5, 5.41) is 3.45. The van der Waals surface area contributed by atoms with E-state index in [1.165, 1.54) is 12.1 Å². The number of hydrogen-bond acceptors (Lipinski definition) is 3. The number of piperidine rings is 1. The first kappa shape index (κ1) is 18.5. The van der Waals surface area contributed by atoms with E-state index >= 15 is 0 Å². The molecule has 0 spiro atoms. The van der Waals surface area contributed by atoms with Crippen LogP contribution in [-0.4, -0.2) is 43.7 Å². The zero-order valence-corrected chi connectivity index (χ0v) is 15.1. The van der Waals surface area contributed by atoms with Crippen molar-refractivity contribution in [1.29, 1.82) is 0 Å². The second-order valence-corrected chi connectivity index (χ2v) is 7.48. The Labute approximate surface area is 148 Å². The van der Waals surface area contributed by atoms with Crippen LogP contribution in [0.5, 0.6) is 0 Å². The number of alkyl halides is 3. The van der Waals surface area contributed by atoms with Crippen LogP contribution < -0.4 is 10.2 Å². The zero-order valence-electron chi connectivity index (χ0n) is 15.1. The topological polar surface area (TPSA) is 18.5 Å². The fourth-order valence-corrected chi connectivity index (χ4v) is 4.03. The molecule has 2 atom stereocenters. The van der Waals surface area contributed by atoms with Crippen LogP contribution in [-0.2, 0) is 12.7 Å². The summed E-state index contributed by atoms with van der Waals surface area (Å²) in [5.74, 6) is 0. The van der Waals surface area contributed by atoms with Gasteiger partial charge in [0, 0.05) is 37.4 Å². The Balaban J connectivity index is 1.81. The van der Waals surface area contributed by atoms with Gasteiger partial charge in [-0.25, -0.2) is 0 Å². The monoisotopic (exact) mass is 355 g/mol. The summed E-state index contributed by atoms with van der Waals surface area (Å²) in [5.41, 5.74) is 1.22. The molecule has 140 valence electrons. The lowest BCUT2D eigenvalue weighted by Gasteiger charge is -2.35. The number of halogens is 3. The van der Waals surface area contributed by atoms with E-state index in [-0.39, 0.29) is 0 Å². The highest BCUT2D eigenvalue weighted by atomic mass is 19.4. The van der Waals surface area contributed by atoms with Crippen molar-refractivity contribution in [2.75, 3.05) is 31.6 Å². The molecule has 2 saturated heterocycles. The van der Waals surface area contributed by atoms with Gasteiger partial charge in [-0.05, 0) is 63.9 Å². The Bertz CT molecular complexity index is 582. The van der Waals surface area contributed by atoms with Crippen LogP contribution in [0.25, 0.3) is 0 Å². The van der Waals surface area contributed by atoms with E-state index in [4.69, 9.17) is 0 Å². The zero-order chi connectivity index (χ0) is 18.0. The minimum atomic E-state index is -4.29. The molecular weight excluding hydrogens is 327 g/mol. The highest BCUT2D eigenvalue weighted by molar-refractivity contribution is 5.56. The van der Waals surface area contributed by atoms with Gasteiger partial charge >= 0.3 is 6.18 Å². The van der Waals surface area contributed by atoms with Crippen molar-refractivity contribution in [3.8, 4) is 0 Å². The smallest absolute Gasteiger partial charge is 0.371 e. The van der Waals surface area contributed by atoms with Gasteiger partial charge < -0.3 is 10.2 Å². The van der Waals surface area contributed by atoms with Crippen molar-refractivity contribution in [1.82, 2.24) is 10.2 Å². The first-order chi connectivity index (χ1) is 11.8. The third kappa shape index (κ3) is 4.47. The molecule has 0 aromatic heterocycles. The maximum Gasteiger partial charge on any atom is 0.416 e. The largest absolute Gasteiger partial charge is 0.416 e. The maximum atomic E-state index is 13.1. The van der Waals surface area contributed by atoms with Gasteiger partial charge in [0.1, 0.15) is 0 Å². The fraction of sp³-hybridized carbons (Fsp3) is 0.684. The molecule has 3 nitrogen and oxygen atoms in total. The molecule has 3 rings (SSSR count). The number of benzene rings is 1. The lowest BCUT2D eigenvalue weighted by molar-refractivity contribution is -0.137. The van der Waals surface area contributed by atoms with Gasteiger partial charge in [-0.3, -0.25) is 4.90 Å². The van der Waals surface area contributed by atoms with Crippen molar-refractivity contribution in [3.05, 3.63) is 29.3 Å². The van der Waals surface area contributed by atoms with Gasteiger partial charge in [-0.1, -0.05) is 6.07 Å². The van der Waals surface area contributed by atoms with Crippen LogP contribution in [0.2, 0.25) is 0 Å². The molecule has 2 aliphatic heterocycles. The molecular formula is C19H28F3N3. The van der Waals surface area contributed by atoms with Crippen LogP contribution >= 0.6 is 0 Å². The lowest BCUT2D eigenvalue weighted by atomic mass is 9.98. The molecule has 0 saturated carbocycles. The van der Waals surface area contributed by atoms with E-state index in [1.54, 1.807) is 6.07 Å². The van der Waals surface area contributed by atoms with Gasteiger partial charge in [0.05, 0.1) is 5.56 Å². The first-order valence-electron chi connectivity index (χ1n) is 9.23. The number of rotatable bonds is 4. The number of nitrogens with one attached hydrogen (secondary N) is 1. The number of hydrogen-bond donors (Lipinski definition) is 1. The molecule has 1 aromatic carbocycles. The Morgan fingerprint density at radius 1 is 1.24 bits per heavy atom. The van der Waals surface area contributed by atoms with Gasteiger partial charge in [0.15, 0.2) is 0 Å². The summed E-state index contributed by atoms with van der Waals surface area (Å²) in [6.45, 7) is 5.59. The highest BCUT2D eigenvalue weighted by Crippen LogP contribution is 2.35. The Hall–Kier alpha value is -1.27. The minimum absolute atomic E-state index is 0.477. The molecule has 2 aliphatic rings. The second kappa shape index (κ2) is 7.54. The summed E-state index contributed by atoms with van der Waals surface area (Å²) in [4.78, 5) is 4.42. The van der Waals surface area contributed by atoms with Crippen LogP contribution in [0.15, 0.2) is 18.2 Å². The van der Waals surface area contributed by atoms with E-state index < -0.39 is 11.7 Å². The lowest BCUT2D eigenvalue weighted by Crippen LogP contribution is -2.45. The van der Waals surface area contributed by atoms with Crippen molar-refractivity contribution in [3.63, 3.8) is 0 Å². The SMILES string of the molecule is C[C@H]1C[C@@H](N(C)Cc2ccc(C(F)(F)F)cc2N2CCCC2)CCN1. The predicted molar refractivity (Wildman–Crippen MR) is 94.8 cm³/mol. The van der Waals surface area contributed by atoms with Crippen molar-refractivity contribution in [2.45, 2.75) is 57.4 Å². The van der Waals surface area contributed by atoms with Crippen LogP contribution in [0, 0.1) is 0 Å². The van der Waals surface area contributed by atoms with Crippen LogP contribution in [0.3, 0.4) is 0 Å².